The van der Waals surface area contributed by atoms with Crippen LogP contribution in [0.25, 0.3) is 0 Å². The van der Waals surface area contributed by atoms with E-state index in [0.29, 0.717) is 18.5 Å². The van der Waals surface area contributed by atoms with E-state index in [-0.39, 0.29) is 18.2 Å². The number of hydrogen-bond donors (Lipinski definition) is 2. The number of carbonyl (C=O) groups excluding carboxylic acids is 4. The van der Waals surface area contributed by atoms with Crippen LogP contribution in [-0.2, 0) is 14.4 Å². The van der Waals surface area contributed by atoms with Crippen LogP contribution >= 0.6 is 0 Å². The molecule has 5 amide bonds. The van der Waals surface area contributed by atoms with Crippen LogP contribution in [0.5, 0.6) is 0 Å². The summed E-state index contributed by atoms with van der Waals surface area (Å²) in [6.07, 6.45) is 4.50. The van der Waals surface area contributed by atoms with E-state index in [1.807, 2.05) is 19.9 Å². The summed E-state index contributed by atoms with van der Waals surface area (Å²) in [7, 11) is 0. The van der Waals surface area contributed by atoms with Crippen LogP contribution in [0.3, 0.4) is 0 Å². The Bertz CT molecular complexity index is 796. The highest BCUT2D eigenvalue weighted by molar-refractivity contribution is 6.10. The van der Waals surface area contributed by atoms with Crippen LogP contribution in [0.15, 0.2) is 18.2 Å². The standard InChI is InChI=1S/C20H25N3O4/c1-13-6-7-15(10-14(13)2)21-19(27)22-16(24)12-23-17(25)11-20(18(23)26)8-4-3-5-9-20/h6-7,10H,3-5,8-9,11-12H2,1-2H3,(H2,21,22,24,27). The molecule has 2 fully saturated rings. The van der Waals surface area contributed by atoms with Crippen LogP contribution in [0.1, 0.15) is 49.7 Å². The van der Waals surface area contributed by atoms with Crippen molar-refractivity contribution in [3.8, 4) is 0 Å². The fourth-order valence-electron chi connectivity index (χ4n) is 3.93. The molecule has 2 aliphatic rings. The Balaban J connectivity index is 1.57. The first-order chi connectivity index (χ1) is 12.8. The SMILES string of the molecule is Cc1ccc(NC(=O)NC(=O)CN2C(=O)CC3(CCCCC3)C2=O)cc1C. The van der Waals surface area contributed by atoms with Crippen molar-refractivity contribution in [1.82, 2.24) is 10.2 Å². The molecule has 0 aromatic heterocycles. The molecular weight excluding hydrogens is 346 g/mol. The zero-order valence-corrected chi connectivity index (χ0v) is 15.8. The largest absolute Gasteiger partial charge is 0.325 e. The van der Waals surface area contributed by atoms with E-state index >= 15 is 0 Å². The number of carbonyl (C=O) groups is 4. The number of hydrogen-bond acceptors (Lipinski definition) is 4. The van der Waals surface area contributed by atoms with Crippen LogP contribution in [0.4, 0.5) is 10.5 Å². The molecule has 7 heteroatoms. The minimum Gasteiger partial charge on any atom is -0.308 e. The lowest BCUT2D eigenvalue weighted by atomic mass is 9.73. The minimum atomic E-state index is -0.685. The molecule has 1 aliphatic carbocycles. The molecule has 1 saturated heterocycles. The molecule has 1 saturated carbocycles. The van der Waals surface area contributed by atoms with Crippen molar-refractivity contribution in [3.63, 3.8) is 0 Å². The number of benzene rings is 1. The van der Waals surface area contributed by atoms with E-state index in [2.05, 4.69) is 10.6 Å². The molecule has 2 N–H and O–H groups in total. The number of aryl methyl sites for hydroxylation is 2. The van der Waals surface area contributed by atoms with Gasteiger partial charge in [0.05, 0.1) is 5.41 Å². The normalized spacial score (nSPS) is 18.7. The van der Waals surface area contributed by atoms with E-state index in [1.54, 1.807) is 12.1 Å². The lowest BCUT2D eigenvalue weighted by molar-refractivity contribution is -0.145. The third-order valence-electron chi connectivity index (χ3n) is 5.62. The summed E-state index contributed by atoms with van der Waals surface area (Å²) in [4.78, 5) is 50.2. The van der Waals surface area contributed by atoms with E-state index in [0.717, 1.165) is 35.3 Å². The van der Waals surface area contributed by atoms with Crippen molar-refractivity contribution in [1.29, 1.82) is 0 Å². The molecule has 0 bridgehead atoms. The van der Waals surface area contributed by atoms with Crippen LogP contribution in [0.2, 0.25) is 0 Å². The maximum atomic E-state index is 12.7. The summed E-state index contributed by atoms with van der Waals surface area (Å²) < 4.78 is 0. The van der Waals surface area contributed by atoms with Gasteiger partial charge in [0.25, 0.3) is 0 Å². The molecule has 1 aliphatic heterocycles. The number of anilines is 1. The summed E-state index contributed by atoms with van der Waals surface area (Å²) in [6, 6.07) is 4.74. The highest BCUT2D eigenvalue weighted by atomic mass is 16.2. The molecule has 0 radical (unpaired) electrons. The zero-order chi connectivity index (χ0) is 19.6. The van der Waals surface area contributed by atoms with E-state index in [1.165, 1.54) is 0 Å². The third kappa shape index (κ3) is 4.02. The van der Waals surface area contributed by atoms with Gasteiger partial charge in [0.2, 0.25) is 17.7 Å². The maximum absolute atomic E-state index is 12.7. The van der Waals surface area contributed by atoms with Crippen LogP contribution < -0.4 is 10.6 Å². The molecule has 144 valence electrons. The van der Waals surface area contributed by atoms with Gasteiger partial charge in [-0.1, -0.05) is 25.3 Å². The summed E-state index contributed by atoms with van der Waals surface area (Å²) >= 11 is 0. The van der Waals surface area contributed by atoms with Crippen molar-refractivity contribution >= 4 is 29.4 Å². The Kier molecular flexibility index (Phi) is 5.30. The summed E-state index contributed by atoms with van der Waals surface area (Å²) in [5, 5.41) is 4.77. The Hall–Kier alpha value is -2.70. The lowest BCUT2D eigenvalue weighted by Gasteiger charge is -2.30. The molecule has 0 atom stereocenters. The van der Waals surface area contributed by atoms with Crippen molar-refractivity contribution in [3.05, 3.63) is 29.3 Å². The number of likely N-dealkylation sites (tertiary alicyclic amines) is 1. The van der Waals surface area contributed by atoms with Gasteiger partial charge in [-0.15, -0.1) is 0 Å². The predicted octanol–water partition coefficient (Wildman–Crippen LogP) is 2.66. The summed E-state index contributed by atoms with van der Waals surface area (Å²) in [6.45, 7) is 3.47. The zero-order valence-electron chi connectivity index (χ0n) is 15.8. The molecule has 27 heavy (non-hydrogen) atoms. The molecule has 1 aromatic carbocycles. The van der Waals surface area contributed by atoms with Crippen LogP contribution in [0, 0.1) is 19.3 Å². The fraction of sp³-hybridized carbons (Fsp3) is 0.500. The molecule has 0 unspecified atom stereocenters. The van der Waals surface area contributed by atoms with Crippen molar-refractivity contribution in [2.45, 2.75) is 52.4 Å². The van der Waals surface area contributed by atoms with E-state index in [9.17, 15) is 19.2 Å². The molecule has 3 rings (SSSR count). The topological polar surface area (TPSA) is 95.6 Å². The third-order valence-corrected chi connectivity index (χ3v) is 5.62. The first-order valence-electron chi connectivity index (χ1n) is 9.34. The van der Waals surface area contributed by atoms with Gasteiger partial charge >= 0.3 is 6.03 Å². The Morgan fingerprint density at radius 3 is 2.44 bits per heavy atom. The molecule has 1 aromatic rings. The molecule has 1 spiro atoms. The number of nitrogens with zero attached hydrogens (tertiary/aromatic N) is 1. The quantitative estimate of drug-likeness (QED) is 0.799. The minimum absolute atomic E-state index is 0.175. The van der Waals surface area contributed by atoms with Gasteiger partial charge in [-0.3, -0.25) is 24.6 Å². The monoisotopic (exact) mass is 371 g/mol. The van der Waals surface area contributed by atoms with Gasteiger partial charge in [-0.05, 0) is 49.9 Å². The Morgan fingerprint density at radius 1 is 1.07 bits per heavy atom. The number of amides is 5. The van der Waals surface area contributed by atoms with E-state index < -0.39 is 23.9 Å². The molecule has 7 nitrogen and oxygen atoms in total. The smallest absolute Gasteiger partial charge is 0.308 e. The Labute approximate surface area is 158 Å². The van der Waals surface area contributed by atoms with Gasteiger partial charge < -0.3 is 5.32 Å². The highest BCUT2D eigenvalue weighted by Crippen LogP contribution is 2.45. The van der Waals surface area contributed by atoms with Gasteiger partial charge in [0.1, 0.15) is 6.54 Å². The predicted molar refractivity (Wildman–Crippen MR) is 99.9 cm³/mol. The number of nitrogens with one attached hydrogen (secondary N) is 2. The van der Waals surface area contributed by atoms with Crippen molar-refractivity contribution in [2.75, 3.05) is 11.9 Å². The average molecular weight is 371 g/mol. The van der Waals surface area contributed by atoms with Gasteiger partial charge in [0.15, 0.2) is 0 Å². The van der Waals surface area contributed by atoms with Crippen molar-refractivity contribution < 1.29 is 19.2 Å². The summed E-state index contributed by atoms with van der Waals surface area (Å²) in [5.41, 5.74) is 2.06. The summed E-state index contributed by atoms with van der Waals surface area (Å²) in [5.74, 6) is -1.27. The van der Waals surface area contributed by atoms with Gasteiger partial charge in [-0.2, -0.15) is 0 Å². The average Bonchev–Trinajstić information content (AvgIpc) is 2.83. The molecule has 1 heterocycles. The van der Waals surface area contributed by atoms with Crippen LogP contribution in [-0.4, -0.2) is 35.2 Å². The van der Waals surface area contributed by atoms with E-state index in [4.69, 9.17) is 0 Å². The second kappa shape index (κ2) is 7.50. The van der Waals surface area contributed by atoms with Crippen molar-refractivity contribution in [2.24, 2.45) is 5.41 Å². The Morgan fingerprint density at radius 2 is 1.78 bits per heavy atom. The number of urea groups is 1. The number of rotatable bonds is 3. The number of imide groups is 2. The second-order valence-corrected chi connectivity index (χ2v) is 7.60. The molecular formula is C20H25N3O4. The van der Waals surface area contributed by atoms with Gasteiger partial charge in [0, 0.05) is 12.1 Å². The highest BCUT2D eigenvalue weighted by Gasteiger charge is 2.51. The first-order valence-corrected chi connectivity index (χ1v) is 9.34. The maximum Gasteiger partial charge on any atom is 0.325 e. The van der Waals surface area contributed by atoms with Gasteiger partial charge in [-0.25, -0.2) is 4.79 Å². The fourth-order valence-corrected chi connectivity index (χ4v) is 3.93. The first kappa shape index (κ1) is 19.1. The second-order valence-electron chi connectivity index (χ2n) is 7.60. The lowest BCUT2D eigenvalue weighted by Crippen LogP contribution is -2.45.